The lowest BCUT2D eigenvalue weighted by atomic mass is 10.0. The van der Waals surface area contributed by atoms with Gasteiger partial charge in [0.05, 0.1) is 0 Å². The number of nitrogens with one attached hydrogen (secondary N) is 3. The Morgan fingerprint density at radius 3 is 2.33 bits per heavy atom. The summed E-state index contributed by atoms with van der Waals surface area (Å²) in [5.41, 5.74) is 2.65. The van der Waals surface area contributed by atoms with Gasteiger partial charge in [0.2, 0.25) is 11.8 Å². The van der Waals surface area contributed by atoms with Crippen LogP contribution in [0.1, 0.15) is 47.8 Å². The van der Waals surface area contributed by atoms with Gasteiger partial charge in [0.15, 0.2) is 0 Å². The Kier molecular flexibility index (Phi) is 8.30. The van der Waals surface area contributed by atoms with E-state index in [2.05, 4.69) is 20.9 Å². The summed E-state index contributed by atoms with van der Waals surface area (Å²) >= 11 is 0. The van der Waals surface area contributed by atoms with Crippen LogP contribution in [-0.4, -0.2) is 22.7 Å². The van der Waals surface area contributed by atoms with Gasteiger partial charge in [-0.3, -0.25) is 19.4 Å². The van der Waals surface area contributed by atoms with Gasteiger partial charge in [0, 0.05) is 36.6 Å². The summed E-state index contributed by atoms with van der Waals surface area (Å²) in [6, 6.07) is 18.9. The number of amides is 3. The smallest absolute Gasteiger partial charge is 0.255 e. The van der Waals surface area contributed by atoms with Gasteiger partial charge in [-0.05, 0) is 41.3 Å². The van der Waals surface area contributed by atoms with E-state index in [1.165, 1.54) is 0 Å². The molecule has 0 saturated carbocycles. The summed E-state index contributed by atoms with van der Waals surface area (Å²) in [7, 11) is 0. The van der Waals surface area contributed by atoms with Crippen molar-refractivity contribution < 1.29 is 14.4 Å². The highest BCUT2D eigenvalue weighted by atomic mass is 16.2. The Bertz CT molecular complexity index is 1080. The lowest BCUT2D eigenvalue weighted by Crippen LogP contribution is -2.40. The molecule has 33 heavy (non-hydrogen) atoms. The first-order valence-corrected chi connectivity index (χ1v) is 10.8. The molecule has 2 aromatic carbocycles. The molecule has 0 bridgehead atoms. The molecule has 3 amide bonds. The van der Waals surface area contributed by atoms with E-state index in [1.54, 1.807) is 36.7 Å². The van der Waals surface area contributed by atoms with Gasteiger partial charge in [-0.1, -0.05) is 56.3 Å². The second-order valence-electron chi connectivity index (χ2n) is 8.12. The van der Waals surface area contributed by atoms with Crippen LogP contribution in [0.4, 0.5) is 5.69 Å². The first-order chi connectivity index (χ1) is 15.9. The second kappa shape index (κ2) is 11.6. The number of nitrogens with zero attached hydrogens (tertiary/aromatic N) is 1. The van der Waals surface area contributed by atoms with Crippen LogP contribution < -0.4 is 16.0 Å². The van der Waals surface area contributed by atoms with E-state index in [0.717, 1.165) is 5.56 Å². The van der Waals surface area contributed by atoms with E-state index in [4.69, 9.17) is 0 Å². The van der Waals surface area contributed by atoms with Gasteiger partial charge in [0.25, 0.3) is 5.91 Å². The fourth-order valence-electron chi connectivity index (χ4n) is 3.29. The standard InChI is InChI=1S/C26H28N4O3/c1-18(2)15-23(31)30-24(20-8-4-3-5-9-20)26(33)28-17-19-7-6-10-22(16-19)29-25(32)21-11-13-27-14-12-21/h3-14,16,18,24H,15,17H2,1-2H3,(H,28,33)(H,29,32)(H,30,31). The minimum atomic E-state index is -0.785. The van der Waals surface area contributed by atoms with Crippen molar-refractivity contribution in [2.75, 3.05) is 5.32 Å². The van der Waals surface area contributed by atoms with Crippen molar-refractivity contribution in [1.29, 1.82) is 0 Å². The molecule has 1 unspecified atom stereocenters. The molecule has 0 aliphatic carbocycles. The number of pyridine rings is 1. The summed E-state index contributed by atoms with van der Waals surface area (Å²) in [5, 5.41) is 8.58. The number of aromatic nitrogens is 1. The van der Waals surface area contributed by atoms with Crippen LogP contribution in [0.25, 0.3) is 0 Å². The van der Waals surface area contributed by atoms with Crippen molar-refractivity contribution >= 4 is 23.4 Å². The molecule has 1 heterocycles. The quantitative estimate of drug-likeness (QED) is 0.467. The zero-order valence-corrected chi connectivity index (χ0v) is 18.7. The first-order valence-electron chi connectivity index (χ1n) is 10.8. The number of benzene rings is 2. The molecule has 3 aromatic rings. The average molecular weight is 445 g/mol. The second-order valence-corrected chi connectivity index (χ2v) is 8.12. The maximum Gasteiger partial charge on any atom is 0.255 e. The van der Waals surface area contributed by atoms with Crippen molar-refractivity contribution in [2.45, 2.75) is 32.9 Å². The first kappa shape index (κ1) is 23.7. The predicted octanol–water partition coefficient (Wildman–Crippen LogP) is 3.85. The summed E-state index contributed by atoms with van der Waals surface area (Å²) in [6.45, 7) is 4.16. The van der Waals surface area contributed by atoms with Crippen molar-refractivity contribution in [3.05, 3.63) is 95.8 Å². The lowest BCUT2D eigenvalue weighted by Gasteiger charge is -2.20. The van der Waals surface area contributed by atoms with Crippen LogP contribution in [0, 0.1) is 5.92 Å². The van der Waals surface area contributed by atoms with Gasteiger partial charge in [-0.25, -0.2) is 0 Å². The summed E-state index contributed by atoms with van der Waals surface area (Å²) in [5.74, 6) is -0.524. The SMILES string of the molecule is CC(C)CC(=O)NC(C(=O)NCc1cccc(NC(=O)c2ccncc2)c1)c1ccccc1. The van der Waals surface area contributed by atoms with Gasteiger partial charge in [-0.2, -0.15) is 0 Å². The zero-order chi connectivity index (χ0) is 23.6. The fraction of sp³-hybridized carbons (Fsp3) is 0.231. The molecule has 7 heteroatoms. The minimum absolute atomic E-state index is 0.171. The Balaban J connectivity index is 1.65. The molecular formula is C26H28N4O3. The molecule has 3 N–H and O–H groups in total. The molecule has 0 fully saturated rings. The lowest BCUT2D eigenvalue weighted by molar-refractivity contribution is -0.129. The minimum Gasteiger partial charge on any atom is -0.350 e. The van der Waals surface area contributed by atoms with Crippen molar-refractivity contribution in [1.82, 2.24) is 15.6 Å². The third kappa shape index (κ3) is 7.28. The average Bonchev–Trinajstić information content (AvgIpc) is 2.82. The summed E-state index contributed by atoms with van der Waals surface area (Å²) in [4.78, 5) is 41.6. The Morgan fingerprint density at radius 1 is 0.909 bits per heavy atom. The molecule has 1 aromatic heterocycles. The van der Waals surface area contributed by atoms with Crippen LogP contribution in [0.15, 0.2) is 79.1 Å². The Morgan fingerprint density at radius 2 is 1.64 bits per heavy atom. The van der Waals surface area contributed by atoms with Crippen molar-refractivity contribution in [3.63, 3.8) is 0 Å². The number of hydrogen-bond donors (Lipinski definition) is 3. The molecule has 3 rings (SSSR count). The number of carbonyl (C=O) groups is 3. The highest BCUT2D eigenvalue weighted by molar-refractivity contribution is 6.04. The zero-order valence-electron chi connectivity index (χ0n) is 18.7. The molecule has 0 radical (unpaired) electrons. The molecule has 0 saturated heterocycles. The Labute approximate surface area is 193 Å². The number of carbonyl (C=O) groups excluding carboxylic acids is 3. The monoisotopic (exact) mass is 444 g/mol. The molecule has 0 spiro atoms. The normalized spacial score (nSPS) is 11.5. The largest absolute Gasteiger partial charge is 0.350 e. The summed E-state index contributed by atoms with van der Waals surface area (Å²) < 4.78 is 0. The summed E-state index contributed by atoms with van der Waals surface area (Å²) in [6.07, 6.45) is 3.46. The number of rotatable bonds is 9. The third-order valence-corrected chi connectivity index (χ3v) is 4.89. The van der Waals surface area contributed by atoms with E-state index in [0.29, 0.717) is 23.2 Å². The topological polar surface area (TPSA) is 100 Å². The fourth-order valence-corrected chi connectivity index (χ4v) is 3.29. The highest BCUT2D eigenvalue weighted by Gasteiger charge is 2.22. The highest BCUT2D eigenvalue weighted by Crippen LogP contribution is 2.16. The van der Waals surface area contributed by atoms with Crippen LogP contribution in [-0.2, 0) is 16.1 Å². The van der Waals surface area contributed by atoms with Gasteiger partial charge < -0.3 is 16.0 Å². The molecule has 170 valence electrons. The maximum absolute atomic E-state index is 13.0. The van der Waals surface area contributed by atoms with Crippen LogP contribution in [0.2, 0.25) is 0 Å². The number of anilines is 1. The number of hydrogen-bond acceptors (Lipinski definition) is 4. The van der Waals surface area contributed by atoms with Crippen LogP contribution in [0.3, 0.4) is 0 Å². The van der Waals surface area contributed by atoms with E-state index in [1.807, 2.05) is 56.3 Å². The maximum atomic E-state index is 13.0. The van der Waals surface area contributed by atoms with Gasteiger partial charge in [0.1, 0.15) is 6.04 Å². The van der Waals surface area contributed by atoms with Crippen molar-refractivity contribution in [3.8, 4) is 0 Å². The molecule has 0 aliphatic heterocycles. The van der Waals surface area contributed by atoms with E-state index in [9.17, 15) is 14.4 Å². The van der Waals surface area contributed by atoms with E-state index >= 15 is 0 Å². The van der Waals surface area contributed by atoms with Crippen molar-refractivity contribution in [2.24, 2.45) is 5.92 Å². The van der Waals surface area contributed by atoms with E-state index in [-0.39, 0.29) is 30.2 Å². The molecule has 1 atom stereocenters. The van der Waals surface area contributed by atoms with E-state index < -0.39 is 6.04 Å². The molecular weight excluding hydrogens is 416 g/mol. The van der Waals surface area contributed by atoms with Gasteiger partial charge in [-0.15, -0.1) is 0 Å². The Hall–Kier alpha value is -4.00. The van der Waals surface area contributed by atoms with Crippen LogP contribution in [0.5, 0.6) is 0 Å². The van der Waals surface area contributed by atoms with Gasteiger partial charge >= 0.3 is 0 Å². The predicted molar refractivity (Wildman–Crippen MR) is 127 cm³/mol. The molecule has 7 nitrogen and oxygen atoms in total. The molecule has 0 aliphatic rings. The van der Waals surface area contributed by atoms with Crippen LogP contribution >= 0.6 is 0 Å². The third-order valence-electron chi connectivity index (χ3n) is 4.89.